The number of hydrogen-bond acceptors (Lipinski definition) is 13. The highest BCUT2D eigenvalue weighted by Crippen LogP contribution is 2.33. The van der Waals surface area contributed by atoms with Crippen molar-refractivity contribution in [1.29, 1.82) is 0 Å². The van der Waals surface area contributed by atoms with Crippen molar-refractivity contribution in [2.75, 3.05) is 0 Å². The highest BCUT2D eigenvalue weighted by atomic mass is 16.7. The topological polar surface area (TPSA) is 209 Å². The standard InChI is InChI=1S/C27H30O13/c1-10-19(29)22(32)24(34)26(37-10)39-13-5-3-12(4-6-13)15-9-36-17-8-14(7-16(28)18(17)21(15)31)40-27-25(35)23(33)20(30)11(2)38-27/h3-11,19-20,22-30,32-35H,1-2H3/t10-,11+,19+,20+,22-,23-,24-,25-,26+,27-/m1/s1. The Morgan fingerprint density at radius 2 is 1.23 bits per heavy atom. The van der Waals surface area contributed by atoms with Crippen LogP contribution < -0.4 is 14.9 Å². The minimum absolute atomic E-state index is 0.0127. The van der Waals surface area contributed by atoms with E-state index in [1.54, 1.807) is 12.1 Å². The molecule has 3 aromatic rings. The van der Waals surface area contributed by atoms with Crippen LogP contribution in [-0.4, -0.2) is 97.2 Å². The molecule has 10 atom stereocenters. The molecule has 2 saturated heterocycles. The molecule has 5 rings (SSSR count). The van der Waals surface area contributed by atoms with Gasteiger partial charge in [-0.25, -0.2) is 0 Å². The van der Waals surface area contributed by atoms with Crippen LogP contribution >= 0.6 is 0 Å². The molecule has 2 aliphatic rings. The summed E-state index contributed by atoms with van der Waals surface area (Å²) in [7, 11) is 0. The molecule has 0 bridgehead atoms. The second-order valence-electron chi connectivity index (χ2n) is 9.92. The Labute approximate surface area is 227 Å². The molecule has 216 valence electrons. The monoisotopic (exact) mass is 562 g/mol. The highest BCUT2D eigenvalue weighted by molar-refractivity contribution is 5.88. The first-order chi connectivity index (χ1) is 19.0. The van der Waals surface area contributed by atoms with E-state index in [0.29, 0.717) is 5.56 Å². The van der Waals surface area contributed by atoms with Crippen LogP contribution in [0.3, 0.4) is 0 Å². The van der Waals surface area contributed by atoms with Crippen LogP contribution in [0.15, 0.2) is 51.9 Å². The van der Waals surface area contributed by atoms with E-state index >= 15 is 0 Å². The molecule has 0 aliphatic carbocycles. The van der Waals surface area contributed by atoms with Crippen molar-refractivity contribution in [2.24, 2.45) is 0 Å². The number of aromatic hydroxyl groups is 1. The van der Waals surface area contributed by atoms with Crippen molar-refractivity contribution in [2.45, 2.75) is 75.3 Å². The van der Waals surface area contributed by atoms with Gasteiger partial charge in [-0.2, -0.15) is 0 Å². The Hall–Kier alpha value is -3.27. The number of rotatable bonds is 5. The third-order valence-electron chi connectivity index (χ3n) is 7.12. The molecule has 2 fully saturated rings. The lowest BCUT2D eigenvalue weighted by Gasteiger charge is -2.38. The van der Waals surface area contributed by atoms with Gasteiger partial charge in [0.1, 0.15) is 71.1 Å². The third-order valence-corrected chi connectivity index (χ3v) is 7.12. The van der Waals surface area contributed by atoms with Crippen molar-refractivity contribution in [3.63, 3.8) is 0 Å². The molecule has 2 aromatic carbocycles. The normalized spacial score (nSPS) is 34.5. The first-order valence-electron chi connectivity index (χ1n) is 12.6. The molecular weight excluding hydrogens is 532 g/mol. The number of aliphatic hydroxyl groups excluding tert-OH is 6. The summed E-state index contributed by atoms with van der Waals surface area (Å²) in [6.45, 7) is 3.03. The smallest absolute Gasteiger partial charge is 0.229 e. The van der Waals surface area contributed by atoms with Crippen molar-refractivity contribution in [3.8, 4) is 28.4 Å². The Kier molecular flexibility index (Phi) is 7.74. The van der Waals surface area contributed by atoms with Crippen LogP contribution in [0.2, 0.25) is 0 Å². The maximum absolute atomic E-state index is 13.3. The molecule has 0 spiro atoms. The maximum Gasteiger partial charge on any atom is 0.229 e. The molecule has 0 radical (unpaired) electrons. The van der Waals surface area contributed by atoms with Gasteiger partial charge in [-0.15, -0.1) is 0 Å². The van der Waals surface area contributed by atoms with E-state index in [0.717, 1.165) is 6.07 Å². The molecule has 2 aliphatic heterocycles. The predicted octanol–water partition coefficient (Wildman–Crippen LogP) is -0.422. The van der Waals surface area contributed by atoms with Gasteiger partial charge in [0.15, 0.2) is 0 Å². The predicted molar refractivity (Wildman–Crippen MR) is 136 cm³/mol. The van der Waals surface area contributed by atoms with E-state index < -0.39 is 72.6 Å². The summed E-state index contributed by atoms with van der Waals surface area (Å²) in [5, 5.41) is 70.5. The van der Waals surface area contributed by atoms with Gasteiger partial charge in [0.25, 0.3) is 0 Å². The Morgan fingerprint density at radius 1 is 0.700 bits per heavy atom. The molecule has 1 aromatic heterocycles. The quantitative estimate of drug-likeness (QED) is 0.211. The zero-order valence-electron chi connectivity index (χ0n) is 21.4. The summed E-state index contributed by atoms with van der Waals surface area (Å²) in [5.74, 6) is -0.209. The van der Waals surface area contributed by atoms with Crippen LogP contribution in [0.1, 0.15) is 13.8 Å². The van der Waals surface area contributed by atoms with Gasteiger partial charge in [-0.3, -0.25) is 4.79 Å². The van der Waals surface area contributed by atoms with Crippen LogP contribution in [0, 0.1) is 0 Å². The second-order valence-corrected chi connectivity index (χ2v) is 9.92. The molecule has 13 heteroatoms. The van der Waals surface area contributed by atoms with Gasteiger partial charge in [0.2, 0.25) is 18.0 Å². The first-order valence-corrected chi connectivity index (χ1v) is 12.6. The highest BCUT2D eigenvalue weighted by Gasteiger charge is 2.44. The van der Waals surface area contributed by atoms with Gasteiger partial charge in [0.05, 0.1) is 17.8 Å². The van der Waals surface area contributed by atoms with Crippen LogP contribution in [-0.2, 0) is 9.47 Å². The van der Waals surface area contributed by atoms with Crippen molar-refractivity contribution < 1.29 is 59.1 Å². The Balaban J connectivity index is 1.35. The first kappa shape index (κ1) is 28.3. The summed E-state index contributed by atoms with van der Waals surface area (Å²) in [5.41, 5.74) is -0.00368. The molecular formula is C27H30O13. The van der Waals surface area contributed by atoms with Crippen LogP contribution in [0.25, 0.3) is 22.1 Å². The summed E-state index contributed by atoms with van der Waals surface area (Å²) in [4.78, 5) is 13.3. The van der Waals surface area contributed by atoms with Gasteiger partial charge in [-0.05, 0) is 31.5 Å². The third kappa shape index (κ3) is 5.13. The second kappa shape index (κ2) is 11.0. The molecule has 7 N–H and O–H groups in total. The molecule has 0 saturated carbocycles. The minimum Gasteiger partial charge on any atom is -0.507 e. The average Bonchev–Trinajstić information content (AvgIpc) is 2.93. The van der Waals surface area contributed by atoms with E-state index in [1.165, 1.54) is 38.3 Å². The minimum atomic E-state index is -1.57. The van der Waals surface area contributed by atoms with Gasteiger partial charge in [0, 0.05) is 12.1 Å². The van der Waals surface area contributed by atoms with Crippen molar-refractivity contribution >= 4 is 11.0 Å². The lowest BCUT2D eigenvalue weighted by molar-refractivity contribution is -0.268. The molecule has 0 amide bonds. The fraction of sp³-hybridized carbons (Fsp3) is 0.444. The molecule has 3 heterocycles. The molecule has 40 heavy (non-hydrogen) atoms. The zero-order valence-corrected chi connectivity index (χ0v) is 21.4. The maximum atomic E-state index is 13.3. The summed E-state index contributed by atoms with van der Waals surface area (Å²) >= 11 is 0. The number of ether oxygens (including phenoxy) is 4. The van der Waals surface area contributed by atoms with Gasteiger partial charge < -0.3 is 59.1 Å². The van der Waals surface area contributed by atoms with E-state index in [1.807, 2.05) is 0 Å². The largest absolute Gasteiger partial charge is 0.507 e. The fourth-order valence-electron chi connectivity index (χ4n) is 4.68. The number of benzene rings is 2. The van der Waals surface area contributed by atoms with E-state index in [2.05, 4.69) is 0 Å². The van der Waals surface area contributed by atoms with Gasteiger partial charge in [-0.1, -0.05) is 12.1 Å². The van der Waals surface area contributed by atoms with E-state index in [9.17, 15) is 40.5 Å². The average molecular weight is 563 g/mol. The zero-order chi connectivity index (χ0) is 28.9. The van der Waals surface area contributed by atoms with E-state index in [-0.39, 0.29) is 28.0 Å². The summed E-state index contributed by atoms with van der Waals surface area (Å²) < 4.78 is 27.6. The number of aliphatic hydroxyl groups is 6. The summed E-state index contributed by atoms with van der Waals surface area (Å²) in [6, 6.07) is 8.58. The molecule has 13 nitrogen and oxygen atoms in total. The fourth-order valence-corrected chi connectivity index (χ4v) is 4.68. The van der Waals surface area contributed by atoms with Crippen LogP contribution in [0.5, 0.6) is 17.2 Å². The Morgan fingerprint density at radius 3 is 1.77 bits per heavy atom. The van der Waals surface area contributed by atoms with Gasteiger partial charge >= 0.3 is 0 Å². The number of fused-ring (bicyclic) bond motifs is 1. The lowest BCUT2D eigenvalue weighted by Crippen LogP contribution is -2.58. The lowest BCUT2D eigenvalue weighted by atomic mass is 10.00. The van der Waals surface area contributed by atoms with Crippen molar-refractivity contribution in [3.05, 3.63) is 52.9 Å². The number of phenolic OH excluding ortho intramolecular Hbond substituents is 1. The SMILES string of the molecule is C[C@@H]1O[C@H](Oc2cc(O)c3c(=O)c(-c4ccc(O[C@@H]5O[C@H](C)[C@H](O)[C@@H](O)[C@H]5O)cc4)coc3c2)[C@H](O)[C@H](O)[C@H]1O. The Bertz CT molecular complexity index is 1410. The molecule has 0 unspecified atom stereocenters. The number of hydrogen-bond donors (Lipinski definition) is 7. The number of phenols is 1. The van der Waals surface area contributed by atoms with Crippen molar-refractivity contribution in [1.82, 2.24) is 0 Å². The summed E-state index contributed by atoms with van der Waals surface area (Å²) in [6.07, 6.45) is -11.6. The van der Waals surface area contributed by atoms with Crippen LogP contribution in [0.4, 0.5) is 0 Å². The van der Waals surface area contributed by atoms with E-state index in [4.69, 9.17) is 23.4 Å².